The van der Waals surface area contributed by atoms with Crippen LogP contribution in [0.5, 0.6) is 11.5 Å². The monoisotopic (exact) mass is 440 g/mol. The number of allylic oxidation sites excluding steroid dienone is 1. The van der Waals surface area contributed by atoms with Gasteiger partial charge in [-0.2, -0.15) is 0 Å². The predicted octanol–water partition coefficient (Wildman–Crippen LogP) is 6.67. The second kappa shape index (κ2) is 12.1. The van der Waals surface area contributed by atoms with Gasteiger partial charge in [0.25, 0.3) is 0 Å². The largest absolute Gasteiger partial charge is 0.493 e. The minimum atomic E-state index is -0.411. The quantitative estimate of drug-likeness (QED) is 0.275. The van der Waals surface area contributed by atoms with Crippen LogP contribution in [-0.2, 0) is 9.53 Å². The smallest absolute Gasteiger partial charge is 0.331 e. The van der Waals surface area contributed by atoms with Crippen molar-refractivity contribution >= 4 is 24.2 Å². The van der Waals surface area contributed by atoms with Crippen LogP contribution in [0.25, 0.3) is 29.4 Å². The number of rotatable bonds is 9. The minimum absolute atomic E-state index is 0.198. The van der Waals surface area contributed by atoms with Gasteiger partial charge in [0.15, 0.2) is 11.5 Å². The summed E-state index contributed by atoms with van der Waals surface area (Å²) in [5, 5.41) is 0. The van der Waals surface area contributed by atoms with E-state index in [4.69, 9.17) is 14.2 Å². The average molecular weight is 441 g/mol. The molecule has 0 saturated carbocycles. The molecule has 0 spiro atoms. The lowest BCUT2D eigenvalue weighted by molar-refractivity contribution is -0.136. The molecule has 0 atom stereocenters. The number of carbonyl (C=O) groups excluding carboxylic acids is 1. The van der Waals surface area contributed by atoms with Crippen molar-refractivity contribution in [3.05, 3.63) is 102 Å². The second-order valence-corrected chi connectivity index (χ2v) is 7.22. The number of carbonyl (C=O) groups is 1. The van der Waals surface area contributed by atoms with Crippen LogP contribution in [0.1, 0.15) is 23.6 Å². The zero-order chi connectivity index (χ0) is 23.5. The van der Waals surface area contributed by atoms with Gasteiger partial charge in [-0.05, 0) is 59.0 Å². The average Bonchev–Trinajstić information content (AvgIpc) is 2.86. The van der Waals surface area contributed by atoms with E-state index in [1.165, 1.54) is 17.2 Å². The Morgan fingerprint density at radius 3 is 1.88 bits per heavy atom. The molecule has 3 aromatic carbocycles. The third-order valence-electron chi connectivity index (χ3n) is 4.97. The van der Waals surface area contributed by atoms with Crippen molar-refractivity contribution in [3.8, 4) is 22.6 Å². The van der Waals surface area contributed by atoms with E-state index in [-0.39, 0.29) is 6.61 Å². The molecule has 168 valence electrons. The Morgan fingerprint density at radius 1 is 0.727 bits per heavy atom. The predicted molar refractivity (Wildman–Crippen MR) is 135 cm³/mol. The lowest BCUT2D eigenvalue weighted by Gasteiger charge is -2.07. The standard InChI is InChI=1S/C29H28O4/c1-4-6-22-8-14-25(15-9-22)26-16-10-23(11-17-26)7-5-20-33-29(30)19-13-24-12-18-27(31-2)28(21-24)32-3/h4-19,21H,20H2,1-3H3/b6-4+,7-5+,19-13+. The fourth-order valence-corrected chi connectivity index (χ4v) is 3.25. The van der Waals surface area contributed by atoms with Gasteiger partial charge < -0.3 is 14.2 Å². The molecule has 0 aliphatic rings. The molecular weight excluding hydrogens is 412 g/mol. The number of methoxy groups -OCH3 is 2. The number of hydrogen-bond acceptors (Lipinski definition) is 4. The van der Waals surface area contributed by atoms with Crippen molar-refractivity contribution in [2.75, 3.05) is 20.8 Å². The Hall–Kier alpha value is -4.05. The number of esters is 1. The lowest BCUT2D eigenvalue weighted by atomic mass is 10.0. The first-order chi connectivity index (χ1) is 16.1. The van der Waals surface area contributed by atoms with Gasteiger partial charge in [0, 0.05) is 6.08 Å². The van der Waals surface area contributed by atoms with E-state index in [0.717, 1.165) is 16.7 Å². The maximum Gasteiger partial charge on any atom is 0.331 e. The zero-order valence-corrected chi connectivity index (χ0v) is 19.2. The molecule has 0 aliphatic carbocycles. The highest BCUT2D eigenvalue weighted by Crippen LogP contribution is 2.28. The highest BCUT2D eigenvalue weighted by molar-refractivity contribution is 5.87. The highest BCUT2D eigenvalue weighted by atomic mass is 16.5. The van der Waals surface area contributed by atoms with Crippen molar-refractivity contribution in [1.82, 2.24) is 0 Å². The van der Waals surface area contributed by atoms with Crippen molar-refractivity contribution in [3.63, 3.8) is 0 Å². The minimum Gasteiger partial charge on any atom is -0.493 e. The molecule has 3 rings (SSSR count). The third kappa shape index (κ3) is 6.97. The summed E-state index contributed by atoms with van der Waals surface area (Å²) in [6.07, 6.45) is 10.9. The first kappa shape index (κ1) is 23.6. The molecule has 0 radical (unpaired) electrons. The summed E-state index contributed by atoms with van der Waals surface area (Å²) in [7, 11) is 3.15. The van der Waals surface area contributed by atoms with Crippen LogP contribution in [0, 0.1) is 0 Å². The highest BCUT2D eigenvalue weighted by Gasteiger charge is 2.03. The van der Waals surface area contributed by atoms with Gasteiger partial charge in [0.05, 0.1) is 14.2 Å². The molecule has 4 heteroatoms. The molecule has 0 bridgehead atoms. The van der Waals surface area contributed by atoms with E-state index in [1.54, 1.807) is 32.4 Å². The normalized spacial score (nSPS) is 11.4. The number of benzene rings is 3. The molecule has 0 unspecified atom stereocenters. The maximum absolute atomic E-state index is 12.0. The summed E-state index contributed by atoms with van der Waals surface area (Å²) in [6, 6.07) is 22.1. The molecule has 3 aromatic rings. The van der Waals surface area contributed by atoms with E-state index < -0.39 is 5.97 Å². The van der Waals surface area contributed by atoms with Gasteiger partial charge in [0.1, 0.15) is 6.61 Å². The summed E-state index contributed by atoms with van der Waals surface area (Å²) < 4.78 is 15.7. The van der Waals surface area contributed by atoms with E-state index in [2.05, 4.69) is 42.5 Å². The first-order valence-electron chi connectivity index (χ1n) is 10.7. The number of hydrogen-bond donors (Lipinski definition) is 0. The number of ether oxygens (including phenoxy) is 3. The van der Waals surface area contributed by atoms with E-state index >= 15 is 0 Å². The van der Waals surface area contributed by atoms with Crippen molar-refractivity contribution < 1.29 is 19.0 Å². The Kier molecular flexibility index (Phi) is 8.66. The molecule has 0 aromatic heterocycles. The van der Waals surface area contributed by atoms with E-state index in [0.29, 0.717) is 11.5 Å². The van der Waals surface area contributed by atoms with Crippen molar-refractivity contribution in [2.24, 2.45) is 0 Å². The van der Waals surface area contributed by atoms with Crippen LogP contribution in [0.3, 0.4) is 0 Å². The lowest BCUT2D eigenvalue weighted by Crippen LogP contribution is -1.99. The van der Waals surface area contributed by atoms with Gasteiger partial charge in [-0.25, -0.2) is 4.79 Å². The van der Waals surface area contributed by atoms with Crippen LogP contribution in [0.2, 0.25) is 0 Å². The van der Waals surface area contributed by atoms with Gasteiger partial charge in [-0.3, -0.25) is 0 Å². The molecule has 33 heavy (non-hydrogen) atoms. The van der Waals surface area contributed by atoms with Gasteiger partial charge in [0.2, 0.25) is 0 Å². The van der Waals surface area contributed by atoms with Crippen LogP contribution in [0.4, 0.5) is 0 Å². The van der Waals surface area contributed by atoms with Gasteiger partial charge >= 0.3 is 5.97 Å². The van der Waals surface area contributed by atoms with E-state index in [9.17, 15) is 4.79 Å². The molecular formula is C29H28O4. The van der Waals surface area contributed by atoms with Crippen molar-refractivity contribution in [2.45, 2.75) is 6.92 Å². The molecule has 0 N–H and O–H groups in total. The summed E-state index contributed by atoms with van der Waals surface area (Å²) in [4.78, 5) is 12.0. The summed E-state index contributed by atoms with van der Waals surface area (Å²) in [5.41, 5.74) is 5.38. The Balaban J connectivity index is 1.50. The SMILES string of the molecule is C/C=C/c1ccc(-c2ccc(/C=C/COC(=O)/C=C/c3ccc(OC)c(OC)c3)cc2)cc1. The third-order valence-corrected chi connectivity index (χ3v) is 4.97. The molecule has 0 amide bonds. The Morgan fingerprint density at radius 2 is 1.30 bits per heavy atom. The van der Waals surface area contributed by atoms with Crippen LogP contribution in [-0.4, -0.2) is 26.8 Å². The van der Waals surface area contributed by atoms with E-state index in [1.807, 2.05) is 43.4 Å². The van der Waals surface area contributed by atoms with Gasteiger partial charge in [-0.15, -0.1) is 0 Å². The topological polar surface area (TPSA) is 44.8 Å². The summed E-state index contributed by atoms with van der Waals surface area (Å²) in [5.74, 6) is 0.830. The summed E-state index contributed by atoms with van der Waals surface area (Å²) >= 11 is 0. The molecule has 0 heterocycles. The maximum atomic E-state index is 12.0. The molecule has 0 fully saturated rings. The Labute approximate surface area is 195 Å². The fourth-order valence-electron chi connectivity index (χ4n) is 3.25. The van der Waals surface area contributed by atoms with Crippen molar-refractivity contribution in [1.29, 1.82) is 0 Å². The van der Waals surface area contributed by atoms with Crippen LogP contribution >= 0.6 is 0 Å². The second-order valence-electron chi connectivity index (χ2n) is 7.22. The molecule has 0 saturated heterocycles. The fraction of sp³-hybridized carbons (Fsp3) is 0.138. The van der Waals surface area contributed by atoms with Crippen LogP contribution in [0.15, 0.2) is 85.0 Å². The molecule has 0 aliphatic heterocycles. The Bertz CT molecular complexity index is 1140. The zero-order valence-electron chi connectivity index (χ0n) is 19.2. The molecule has 4 nitrogen and oxygen atoms in total. The van der Waals surface area contributed by atoms with Gasteiger partial charge in [-0.1, -0.05) is 72.8 Å². The summed E-state index contributed by atoms with van der Waals surface area (Å²) in [6.45, 7) is 2.21. The first-order valence-corrected chi connectivity index (χ1v) is 10.7. The van der Waals surface area contributed by atoms with Crippen LogP contribution < -0.4 is 9.47 Å².